The minimum absolute atomic E-state index is 0.276. The van der Waals surface area contributed by atoms with Crippen molar-refractivity contribution in [3.05, 3.63) is 0 Å². The molecule has 2 amide bonds. The Morgan fingerprint density at radius 2 is 1.43 bits per heavy atom. The Balaban J connectivity index is 2.01. The minimum Gasteiger partial charge on any atom is -0.370 e. The molecule has 14 heavy (non-hydrogen) atoms. The van der Waals surface area contributed by atoms with Crippen LogP contribution in [-0.2, 0) is 14.3 Å². The summed E-state index contributed by atoms with van der Waals surface area (Å²) in [7, 11) is 0. The van der Waals surface area contributed by atoms with Gasteiger partial charge in [0.15, 0.2) is 0 Å². The van der Waals surface area contributed by atoms with Crippen LogP contribution in [0.15, 0.2) is 0 Å². The predicted octanol–water partition coefficient (Wildman–Crippen LogP) is -0.129. The lowest BCUT2D eigenvalue weighted by Crippen LogP contribution is -2.42. The Labute approximate surface area is 89.9 Å². The zero-order chi connectivity index (χ0) is 10.0. The Kier molecular flexibility index (Phi) is 1.68. The summed E-state index contributed by atoms with van der Waals surface area (Å²) in [5.74, 6) is -1.40. The van der Waals surface area contributed by atoms with Gasteiger partial charge in [-0.05, 0) is 0 Å². The van der Waals surface area contributed by atoms with E-state index in [1.807, 2.05) is 0 Å². The molecule has 3 aliphatic heterocycles. The summed E-state index contributed by atoms with van der Waals surface area (Å²) in [6.45, 7) is 0. The van der Waals surface area contributed by atoms with Crippen molar-refractivity contribution in [2.45, 2.75) is 23.0 Å². The second-order valence-corrected chi connectivity index (χ2v) is 4.87. The number of nitrogens with one attached hydrogen (secondary N) is 1. The van der Waals surface area contributed by atoms with Crippen molar-refractivity contribution >= 4 is 35.0 Å². The van der Waals surface area contributed by atoms with Crippen LogP contribution in [0.5, 0.6) is 0 Å². The smallest absolute Gasteiger partial charge is 0.233 e. The van der Waals surface area contributed by atoms with E-state index in [0.717, 1.165) is 0 Å². The number of hydrogen-bond donors (Lipinski definition) is 1. The summed E-state index contributed by atoms with van der Waals surface area (Å²) in [4.78, 5) is 22.8. The first-order valence-electron chi connectivity index (χ1n) is 4.39. The topological polar surface area (TPSA) is 55.4 Å². The molecular weight excluding hydrogens is 229 g/mol. The third kappa shape index (κ3) is 0.846. The highest BCUT2D eigenvalue weighted by molar-refractivity contribution is 6.31. The molecule has 0 radical (unpaired) electrons. The van der Waals surface area contributed by atoms with Gasteiger partial charge in [0.25, 0.3) is 0 Å². The fourth-order valence-electron chi connectivity index (χ4n) is 2.58. The molecule has 0 saturated carbocycles. The number of halogens is 2. The highest BCUT2D eigenvalue weighted by Gasteiger charge is 2.66. The predicted molar refractivity (Wildman–Crippen MR) is 48.1 cm³/mol. The van der Waals surface area contributed by atoms with Crippen molar-refractivity contribution in [2.24, 2.45) is 11.8 Å². The van der Waals surface area contributed by atoms with E-state index >= 15 is 0 Å². The van der Waals surface area contributed by atoms with Gasteiger partial charge in [0.2, 0.25) is 11.8 Å². The molecule has 1 N–H and O–H groups in total. The fraction of sp³-hybridized carbons (Fsp3) is 0.750. The van der Waals surface area contributed by atoms with Crippen LogP contribution in [0.4, 0.5) is 0 Å². The third-order valence-corrected chi connectivity index (χ3v) is 4.36. The van der Waals surface area contributed by atoms with Crippen molar-refractivity contribution in [3.8, 4) is 0 Å². The molecule has 0 aromatic rings. The van der Waals surface area contributed by atoms with E-state index in [0.29, 0.717) is 0 Å². The standard InChI is InChI=1S/C8H7Cl2NO3/c9-3-4(10)6-2-1(5(3)14-6)7(12)11-8(2)13/h1-6H,(H,11,12,13)/t1-,2+,3-,4+,5-,6-/m1/s1. The first-order valence-corrected chi connectivity index (χ1v) is 5.27. The Hall–Kier alpha value is -0.320. The number of amides is 2. The van der Waals surface area contributed by atoms with Gasteiger partial charge in [-0.1, -0.05) is 0 Å². The summed E-state index contributed by atoms with van der Waals surface area (Å²) in [6, 6.07) is 0. The van der Waals surface area contributed by atoms with Crippen LogP contribution >= 0.6 is 23.2 Å². The molecule has 3 heterocycles. The van der Waals surface area contributed by atoms with Gasteiger partial charge >= 0.3 is 0 Å². The van der Waals surface area contributed by atoms with Crippen molar-refractivity contribution < 1.29 is 14.3 Å². The van der Waals surface area contributed by atoms with E-state index in [1.54, 1.807) is 0 Å². The second kappa shape index (κ2) is 2.62. The maximum Gasteiger partial charge on any atom is 0.233 e. The average Bonchev–Trinajstić information content (AvgIpc) is 2.71. The van der Waals surface area contributed by atoms with E-state index in [-0.39, 0.29) is 22.6 Å². The van der Waals surface area contributed by atoms with Crippen LogP contribution in [0.3, 0.4) is 0 Å². The number of rotatable bonds is 0. The van der Waals surface area contributed by atoms with Gasteiger partial charge in [-0.25, -0.2) is 0 Å². The number of fused-ring (bicyclic) bond motifs is 5. The monoisotopic (exact) mass is 235 g/mol. The lowest BCUT2D eigenvalue weighted by molar-refractivity contribution is -0.128. The molecule has 0 aromatic heterocycles. The number of alkyl halides is 2. The van der Waals surface area contributed by atoms with Crippen molar-refractivity contribution in [1.82, 2.24) is 5.32 Å². The minimum atomic E-state index is -0.426. The quantitative estimate of drug-likeness (QED) is 0.471. The molecule has 6 heteroatoms. The zero-order valence-corrected chi connectivity index (χ0v) is 8.46. The van der Waals surface area contributed by atoms with Crippen molar-refractivity contribution in [2.75, 3.05) is 0 Å². The van der Waals surface area contributed by atoms with Gasteiger partial charge in [0.05, 0.1) is 34.8 Å². The van der Waals surface area contributed by atoms with Gasteiger partial charge in [-0.3, -0.25) is 14.9 Å². The molecule has 0 aliphatic carbocycles. The Bertz CT molecular complexity index is 305. The maximum atomic E-state index is 11.4. The normalized spacial score (nSPS) is 55.0. The number of carbonyl (C=O) groups is 2. The number of ether oxygens (including phenoxy) is 1. The maximum absolute atomic E-state index is 11.4. The summed E-state index contributed by atoms with van der Waals surface area (Å²) in [5, 5.41) is 1.53. The zero-order valence-electron chi connectivity index (χ0n) is 6.94. The molecule has 3 saturated heterocycles. The van der Waals surface area contributed by atoms with Gasteiger partial charge in [-0.15, -0.1) is 23.2 Å². The van der Waals surface area contributed by atoms with Gasteiger partial charge in [0.1, 0.15) is 0 Å². The van der Waals surface area contributed by atoms with E-state index in [2.05, 4.69) is 5.32 Å². The lowest BCUT2D eigenvalue weighted by atomic mass is 9.80. The fourth-order valence-corrected chi connectivity index (χ4v) is 3.30. The van der Waals surface area contributed by atoms with E-state index < -0.39 is 24.0 Å². The summed E-state index contributed by atoms with van der Waals surface area (Å²) < 4.78 is 5.46. The number of hydrogen-bond acceptors (Lipinski definition) is 3. The van der Waals surface area contributed by atoms with Crippen LogP contribution in [0.25, 0.3) is 0 Å². The molecule has 0 unspecified atom stereocenters. The van der Waals surface area contributed by atoms with Crippen LogP contribution in [0.1, 0.15) is 0 Å². The van der Waals surface area contributed by atoms with Crippen molar-refractivity contribution in [3.63, 3.8) is 0 Å². The van der Waals surface area contributed by atoms with Gasteiger partial charge in [-0.2, -0.15) is 0 Å². The molecule has 3 aliphatic rings. The molecule has 3 fully saturated rings. The Morgan fingerprint density at radius 1 is 1.00 bits per heavy atom. The molecule has 0 aromatic carbocycles. The van der Waals surface area contributed by atoms with Gasteiger partial charge in [0, 0.05) is 0 Å². The highest BCUT2D eigenvalue weighted by Crippen LogP contribution is 2.49. The molecule has 76 valence electrons. The average molecular weight is 236 g/mol. The highest BCUT2D eigenvalue weighted by atomic mass is 35.5. The molecule has 2 bridgehead atoms. The lowest BCUT2D eigenvalue weighted by Gasteiger charge is -2.24. The van der Waals surface area contributed by atoms with E-state index in [1.165, 1.54) is 0 Å². The van der Waals surface area contributed by atoms with Crippen LogP contribution < -0.4 is 5.32 Å². The van der Waals surface area contributed by atoms with Gasteiger partial charge < -0.3 is 4.74 Å². The second-order valence-electron chi connectivity index (χ2n) is 3.86. The summed E-state index contributed by atoms with van der Waals surface area (Å²) in [6.07, 6.45) is -0.804. The number of carbonyl (C=O) groups excluding carboxylic acids is 2. The largest absolute Gasteiger partial charge is 0.370 e. The van der Waals surface area contributed by atoms with Crippen molar-refractivity contribution in [1.29, 1.82) is 0 Å². The first-order chi connectivity index (χ1) is 6.61. The van der Waals surface area contributed by atoms with Crippen LogP contribution in [-0.4, -0.2) is 34.8 Å². The number of imide groups is 1. The molecule has 4 nitrogen and oxygen atoms in total. The first kappa shape index (κ1) is 8.95. The third-order valence-electron chi connectivity index (χ3n) is 3.19. The van der Waals surface area contributed by atoms with Crippen LogP contribution in [0, 0.1) is 11.8 Å². The summed E-state index contributed by atoms with van der Waals surface area (Å²) in [5.41, 5.74) is 0. The molecule has 3 rings (SSSR count). The van der Waals surface area contributed by atoms with E-state index in [4.69, 9.17) is 27.9 Å². The molecular formula is C8H7Cl2NO3. The molecule has 0 spiro atoms. The summed E-state index contributed by atoms with van der Waals surface area (Å²) >= 11 is 12.0. The molecule has 6 atom stereocenters. The Morgan fingerprint density at radius 3 is 1.86 bits per heavy atom. The van der Waals surface area contributed by atoms with Crippen LogP contribution in [0.2, 0.25) is 0 Å². The van der Waals surface area contributed by atoms with E-state index in [9.17, 15) is 9.59 Å². The SMILES string of the molecule is O=C1NC(=O)[C@H]2[C@H]3O[C@@H]([C@@H](Cl)[C@H]3Cl)[C@@H]12.